The summed E-state index contributed by atoms with van der Waals surface area (Å²) < 4.78 is 5.37. The number of aliphatic hydroxyl groups excluding tert-OH is 1. The highest BCUT2D eigenvalue weighted by molar-refractivity contribution is 6.41. The monoisotopic (exact) mass is 322 g/mol. The first-order valence-corrected chi connectivity index (χ1v) is 8.30. The van der Waals surface area contributed by atoms with E-state index in [1.165, 1.54) is 0 Å². The summed E-state index contributed by atoms with van der Waals surface area (Å²) in [6.07, 6.45) is 5.95. The van der Waals surface area contributed by atoms with Crippen LogP contribution in [-0.2, 0) is 14.3 Å². The van der Waals surface area contributed by atoms with Crippen LogP contribution in [0.15, 0.2) is 12.2 Å². The minimum atomic E-state index is -1.50. The molecule has 0 unspecified atom stereocenters. The van der Waals surface area contributed by atoms with Gasteiger partial charge in [0.15, 0.2) is 0 Å². The standard InChI is InChI=1S/C16H23BO6/c1-15-11(7-8-17(21)22)12(18)9-16(15,14(20)23-15)13(19)10-5-3-2-4-6-10/h3,5,10-11,13,19,21-22H,2,4,6-9H2,1H3/t10-,11+,13+,15+,16-/m1/s1. The third kappa shape index (κ3) is 2.29. The number of rotatable bonds is 5. The minimum absolute atomic E-state index is 0.0277. The molecule has 0 aromatic rings. The quantitative estimate of drug-likeness (QED) is 0.386. The van der Waals surface area contributed by atoms with Gasteiger partial charge in [-0.25, -0.2) is 0 Å². The predicted molar refractivity (Wildman–Crippen MR) is 82.1 cm³/mol. The Kier molecular flexibility index (Phi) is 4.15. The van der Waals surface area contributed by atoms with Crippen LogP contribution in [0.3, 0.4) is 0 Å². The second-order valence-electron chi connectivity index (χ2n) is 7.19. The summed E-state index contributed by atoms with van der Waals surface area (Å²) in [5.74, 6) is -1.39. The highest BCUT2D eigenvalue weighted by Crippen LogP contribution is 2.62. The Morgan fingerprint density at radius 2 is 2.17 bits per heavy atom. The molecule has 3 rings (SSSR count). The lowest BCUT2D eigenvalue weighted by atomic mass is 9.60. The van der Waals surface area contributed by atoms with Crippen molar-refractivity contribution in [1.82, 2.24) is 0 Å². The van der Waals surface area contributed by atoms with Crippen LogP contribution >= 0.6 is 0 Å². The number of carbonyl (C=O) groups is 2. The molecule has 6 nitrogen and oxygen atoms in total. The molecule has 1 saturated heterocycles. The van der Waals surface area contributed by atoms with Gasteiger partial charge in [0.05, 0.1) is 12.0 Å². The molecule has 2 aliphatic carbocycles. The number of esters is 1. The van der Waals surface area contributed by atoms with Crippen LogP contribution in [0.4, 0.5) is 0 Å². The molecule has 0 amide bonds. The Balaban J connectivity index is 1.87. The molecule has 2 fully saturated rings. The lowest BCUT2D eigenvalue weighted by Crippen LogP contribution is -2.70. The first-order chi connectivity index (χ1) is 10.8. The Labute approximate surface area is 135 Å². The molecule has 1 aliphatic heterocycles. The second kappa shape index (κ2) is 5.72. The van der Waals surface area contributed by atoms with Crippen molar-refractivity contribution >= 4 is 18.9 Å². The zero-order valence-electron chi connectivity index (χ0n) is 13.3. The molecule has 1 saturated carbocycles. The van der Waals surface area contributed by atoms with Crippen LogP contribution in [0, 0.1) is 17.3 Å². The third-order valence-corrected chi connectivity index (χ3v) is 5.98. The fourth-order valence-corrected chi connectivity index (χ4v) is 4.60. The average Bonchev–Trinajstić information content (AvgIpc) is 2.69. The molecule has 7 heteroatoms. The van der Waals surface area contributed by atoms with Gasteiger partial charge >= 0.3 is 13.1 Å². The van der Waals surface area contributed by atoms with Crippen molar-refractivity contribution in [2.45, 2.75) is 57.1 Å². The van der Waals surface area contributed by atoms with Gasteiger partial charge in [0.2, 0.25) is 0 Å². The topological polar surface area (TPSA) is 104 Å². The van der Waals surface area contributed by atoms with Gasteiger partial charge in [0.1, 0.15) is 16.8 Å². The number of hydrogen-bond donors (Lipinski definition) is 3. The fourth-order valence-electron chi connectivity index (χ4n) is 4.60. The van der Waals surface area contributed by atoms with Crippen molar-refractivity contribution in [1.29, 1.82) is 0 Å². The van der Waals surface area contributed by atoms with Crippen LogP contribution in [-0.4, -0.2) is 45.7 Å². The smallest absolute Gasteiger partial charge is 0.451 e. The fraction of sp³-hybridized carbons (Fsp3) is 0.750. The molecule has 3 N–H and O–H groups in total. The summed E-state index contributed by atoms with van der Waals surface area (Å²) in [6, 6.07) is 0. The lowest BCUT2D eigenvalue weighted by Gasteiger charge is -2.55. The van der Waals surface area contributed by atoms with Crippen molar-refractivity contribution in [3.63, 3.8) is 0 Å². The highest BCUT2D eigenvalue weighted by Gasteiger charge is 2.78. The Hall–Kier alpha value is -1.18. The Morgan fingerprint density at radius 3 is 2.74 bits per heavy atom. The third-order valence-electron chi connectivity index (χ3n) is 5.98. The van der Waals surface area contributed by atoms with Crippen molar-refractivity contribution in [3.8, 4) is 0 Å². The summed E-state index contributed by atoms with van der Waals surface area (Å²) in [7, 11) is -1.50. The van der Waals surface area contributed by atoms with Crippen LogP contribution in [0.1, 0.15) is 39.0 Å². The summed E-state index contributed by atoms with van der Waals surface area (Å²) in [5.41, 5.74) is -2.25. The van der Waals surface area contributed by atoms with Crippen LogP contribution in [0.2, 0.25) is 6.32 Å². The second-order valence-corrected chi connectivity index (χ2v) is 7.19. The number of allylic oxidation sites excluding steroid dienone is 1. The number of aliphatic hydroxyl groups is 1. The van der Waals surface area contributed by atoms with E-state index >= 15 is 0 Å². The zero-order chi connectivity index (χ0) is 16.8. The van der Waals surface area contributed by atoms with Crippen LogP contribution in [0.25, 0.3) is 0 Å². The van der Waals surface area contributed by atoms with Gasteiger partial charge in [-0.15, -0.1) is 0 Å². The van der Waals surface area contributed by atoms with E-state index in [0.717, 1.165) is 19.3 Å². The molecule has 126 valence electrons. The summed E-state index contributed by atoms with van der Waals surface area (Å²) in [4.78, 5) is 24.8. The largest absolute Gasteiger partial charge is 0.457 e. The maximum atomic E-state index is 12.5. The van der Waals surface area contributed by atoms with E-state index in [1.54, 1.807) is 6.92 Å². The van der Waals surface area contributed by atoms with E-state index in [-0.39, 0.29) is 30.9 Å². The molecule has 0 bridgehead atoms. The van der Waals surface area contributed by atoms with E-state index in [9.17, 15) is 14.7 Å². The lowest BCUT2D eigenvalue weighted by molar-refractivity contribution is -0.262. The minimum Gasteiger partial charge on any atom is -0.457 e. The highest BCUT2D eigenvalue weighted by atomic mass is 16.6. The molecular weight excluding hydrogens is 299 g/mol. The normalized spacial score (nSPS) is 40.3. The van der Waals surface area contributed by atoms with E-state index in [4.69, 9.17) is 14.8 Å². The van der Waals surface area contributed by atoms with E-state index in [0.29, 0.717) is 0 Å². The van der Waals surface area contributed by atoms with Crippen molar-refractivity contribution in [2.75, 3.05) is 0 Å². The number of hydrogen-bond acceptors (Lipinski definition) is 6. The molecule has 0 aromatic heterocycles. The molecule has 3 aliphatic rings. The van der Waals surface area contributed by atoms with E-state index < -0.39 is 36.1 Å². The summed E-state index contributed by atoms with van der Waals surface area (Å²) in [6.45, 7) is 1.70. The predicted octanol–water partition coefficient (Wildman–Crippen LogP) is 0.457. The SMILES string of the molecule is C[C@@]12OC(=O)[C@]1([C@@H](O)[C@@H]1C=CCCC1)CC(=O)[C@@H]2CCB(O)O. The Morgan fingerprint density at radius 1 is 1.43 bits per heavy atom. The first-order valence-electron chi connectivity index (χ1n) is 8.30. The van der Waals surface area contributed by atoms with Crippen molar-refractivity contribution < 1.29 is 29.5 Å². The number of Topliss-reactive ketones (excluding diaryl/α,β-unsaturated/α-hetero) is 1. The number of ketones is 1. The average molecular weight is 322 g/mol. The first kappa shape index (κ1) is 16.7. The van der Waals surface area contributed by atoms with Gasteiger partial charge in [-0.3, -0.25) is 9.59 Å². The van der Waals surface area contributed by atoms with Crippen LogP contribution in [0.5, 0.6) is 0 Å². The zero-order valence-corrected chi connectivity index (χ0v) is 13.3. The number of carbonyl (C=O) groups excluding carboxylic acids is 2. The van der Waals surface area contributed by atoms with E-state index in [1.807, 2.05) is 12.2 Å². The van der Waals surface area contributed by atoms with Crippen LogP contribution < -0.4 is 0 Å². The number of ether oxygens (including phenoxy) is 1. The molecule has 0 aromatic carbocycles. The maximum absolute atomic E-state index is 12.5. The number of fused-ring (bicyclic) bond motifs is 1. The Bertz CT molecular complexity index is 547. The molecular formula is C16H23BO6. The molecule has 1 heterocycles. The molecule has 0 spiro atoms. The molecule has 5 atom stereocenters. The van der Waals surface area contributed by atoms with Gasteiger partial charge in [-0.1, -0.05) is 12.2 Å². The summed E-state index contributed by atoms with van der Waals surface area (Å²) >= 11 is 0. The molecule has 0 radical (unpaired) electrons. The van der Waals surface area contributed by atoms with Gasteiger partial charge in [0.25, 0.3) is 0 Å². The van der Waals surface area contributed by atoms with E-state index in [2.05, 4.69) is 0 Å². The van der Waals surface area contributed by atoms with Crippen molar-refractivity contribution in [2.24, 2.45) is 17.3 Å². The van der Waals surface area contributed by atoms with Gasteiger partial charge in [0, 0.05) is 12.3 Å². The van der Waals surface area contributed by atoms with Gasteiger partial charge in [-0.05, 0) is 38.9 Å². The van der Waals surface area contributed by atoms with Gasteiger partial charge in [-0.2, -0.15) is 0 Å². The maximum Gasteiger partial charge on any atom is 0.451 e. The van der Waals surface area contributed by atoms with Gasteiger partial charge < -0.3 is 19.9 Å². The molecule has 23 heavy (non-hydrogen) atoms. The van der Waals surface area contributed by atoms with Crippen molar-refractivity contribution in [3.05, 3.63) is 12.2 Å². The summed E-state index contributed by atoms with van der Waals surface area (Å²) in [5, 5.41) is 29.0.